The van der Waals surface area contributed by atoms with Crippen LogP contribution in [0, 0.1) is 12.3 Å². The van der Waals surface area contributed by atoms with Gasteiger partial charge in [-0.05, 0) is 56.0 Å². The fourth-order valence-corrected chi connectivity index (χ4v) is 5.45. The van der Waals surface area contributed by atoms with Crippen LogP contribution in [0.5, 0.6) is 5.75 Å². The summed E-state index contributed by atoms with van der Waals surface area (Å²) in [7, 11) is 1.65. The number of aromatic nitrogens is 1. The summed E-state index contributed by atoms with van der Waals surface area (Å²) in [6, 6.07) is 5.19. The first kappa shape index (κ1) is 22.3. The predicted molar refractivity (Wildman–Crippen MR) is 131 cm³/mol. The van der Waals surface area contributed by atoms with E-state index in [-0.39, 0.29) is 30.6 Å². The van der Waals surface area contributed by atoms with E-state index < -0.39 is 5.54 Å². The lowest BCUT2D eigenvalue weighted by Crippen LogP contribution is -2.53. The first-order valence-electron chi connectivity index (χ1n) is 11.8. The highest BCUT2D eigenvalue weighted by Crippen LogP contribution is 2.49. The third-order valence-corrected chi connectivity index (χ3v) is 7.25. The number of hydrogen-bond acceptors (Lipinski definition) is 4. The van der Waals surface area contributed by atoms with E-state index in [9.17, 15) is 9.59 Å². The minimum absolute atomic E-state index is 0.127. The van der Waals surface area contributed by atoms with Crippen LogP contribution in [0.15, 0.2) is 42.0 Å². The minimum atomic E-state index is -0.975. The number of amides is 3. The van der Waals surface area contributed by atoms with Gasteiger partial charge in [-0.15, -0.1) is 6.42 Å². The van der Waals surface area contributed by atoms with Gasteiger partial charge in [0.1, 0.15) is 11.3 Å². The number of H-pyrrole nitrogens is 1. The molecule has 3 amide bonds. The number of ether oxygens (including phenoxy) is 1. The first-order valence-corrected chi connectivity index (χ1v) is 11.8. The lowest BCUT2D eigenvalue weighted by atomic mass is 9.80. The van der Waals surface area contributed by atoms with Gasteiger partial charge in [0.2, 0.25) is 0 Å². The zero-order valence-corrected chi connectivity index (χ0v) is 19.9. The predicted octanol–water partition coefficient (Wildman–Crippen LogP) is 3.68. The summed E-state index contributed by atoms with van der Waals surface area (Å²) in [5.74, 6) is 3.21. The highest BCUT2D eigenvalue weighted by molar-refractivity contribution is 6.08. The Balaban J connectivity index is 1.60. The van der Waals surface area contributed by atoms with Crippen LogP contribution < -0.4 is 10.1 Å². The van der Waals surface area contributed by atoms with Gasteiger partial charge in [0.25, 0.3) is 5.91 Å². The molecule has 0 saturated carbocycles. The van der Waals surface area contributed by atoms with Crippen molar-refractivity contribution in [3.05, 3.63) is 53.3 Å². The molecule has 2 aromatic rings. The number of rotatable bonds is 6. The van der Waals surface area contributed by atoms with Crippen LogP contribution in [0.4, 0.5) is 4.79 Å². The molecule has 0 bridgehead atoms. The Morgan fingerprint density at radius 2 is 2.18 bits per heavy atom. The zero-order chi connectivity index (χ0) is 24.0. The summed E-state index contributed by atoms with van der Waals surface area (Å²) < 4.78 is 5.47. The summed E-state index contributed by atoms with van der Waals surface area (Å²) in [4.78, 5) is 34.3. The second-order valence-electron chi connectivity index (χ2n) is 9.42. The van der Waals surface area contributed by atoms with Crippen molar-refractivity contribution in [2.75, 3.05) is 20.2 Å². The Kier molecular flexibility index (Phi) is 5.49. The maximum absolute atomic E-state index is 13.8. The van der Waals surface area contributed by atoms with Gasteiger partial charge in [0.15, 0.2) is 0 Å². The number of nitrogens with zero attached hydrogens (tertiary/aromatic N) is 2. The molecule has 0 radical (unpaired) electrons. The molecule has 176 valence electrons. The van der Waals surface area contributed by atoms with Crippen LogP contribution >= 0.6 is 0 Å². The van der Waals surface area contributed by atoms with Gasteiger partial charge in [-0.25, -0.2) is 4.79 Å². The van der Waals surface area contributed by atoms with Crippen LogP contribution in [0.1, 0.15) is 44.0 Å². The second-order valence-corrected chi connectivity index (χ2v) is 9.42. The molecule has 1 aliphatic carbocycles. The number of aromatic amines is 1. The highest BCUT2D eigenvalue weighted by atomic mass is 16.5. The van der Waals surface area contributed by atoms with Crippen molar-refractivity contribution >= 4 is 22.8 Å². The summed E-state index contributed by atoms with van der Waals surface area (Å²) in [6.45, 7) is 4.50. The molecular weight excluding hydrogens is 428 g/mol. The van der Waals surface area contributed by atoms with E-state index in [1.54, 1.807) is 12.0 Å². The Labute approximate surface area is 199 Å². The van der Waals surface area contributed by atoms with E-state index in [2.05, 4.69) is 34.4 Å². The molecule has 2 N–H and O–H groups in total. The van der Waals surface area contributed by atoms with Crippen LogP contribution in [0.3, 0.4) is 0 Å². The topological polar surface area (TPSA) is 77.7 Å². The molecule has 0 spiro atoms. The van der Waals surface area contributed by atoms with Gasteiger partial charge >= 0.3 is 6.03 Å². The van der Waals surface area contributed by atoms with E-state index in [4.69, 9.17) is 11.2 Å². The molecule has 2 unspecified atom stereocenters. The molecule has 3 atom stereocenters. The van der Waals surface area contributed by atoms with Gasteiger partial charge < -0.3 is 15.0 Å². The molecule has 1 aromatic carbocycles. The molecule has 3 heterocycles. The number of urea groups is 1. The number of imide groups is 1. The van der Waals surface area contributed by atoms with Crippen molar-refractivity contribution in [1.29, 1.82) is 0 Å². The average molecular weight is 459 g/mol. The van der Waals surface area contributed by atoms with E-state index in [0.717, 1.165) is 46.3 Å². The summed E-state index contributed by atoms with van der Waals surface area (Å²) >= 11 is 0. The molecule has 1 saturated heterocycles. The summed E-state index contributed by atoms with van der Waals surface area (Å²) in [6.07, 6.45) is 14.2. The van der Waals surface area contributed by atoms with Gasteiger partial charge in [-0.2, -0.15) is 0 Å². The fourth-order valence-electron chi connectivity index (χ4n) is 5.45. The lowest BCUT2D eigenvalue weighted by Gasteiger charge is -2.43. The quantitative estimate of drug-likeness (QED) is 0.511. The molecule has 7 heteroatoms. The largest absolute Gasteiger partial charge is 0.497 e. The molecular formula is C27H30N4O3. The van der Waals surface area contributed by atoms with Crippen molar-refractivity contribution in [3.8, 4) is 18.1 Å². The van der Waals surface area contributed by atoms with E-state index in [1.165, 1.54) is 4.90 Å². The van der Waals surface area contributed by atoms with Gasteiger partial charge in [-0.3, -0.25) is 14.6 Å². The van der Waals surface area contributed by atoms with E-state index in [0.29, 0.717) is 13.0 Å². The maximum Gasteiger partial charge on any atom is 0.328 e. The van der Waals surface area contributed by atoms with Crippen molar-refractivity contribution in [3.63, 3.8) is 0 Å². The Bertz CT molecular complexity index is 1270. The normalized spacial score (nSPS) is 24.6. The number of hydrogen-bond donors (Lipinski definition) is 2. The Morgan fingerprint density at radius 1 is 1.35 bits per heavy atom. The Hall–Kier alpha value is -3.50. The molecule has 34 heavy (non-hydrogen) atoms. The third-order valence-electron chi connectivity index (χ3n) is 7.25. The molecule has 1 aromatic heterocycles. The van der Waals surface area contributed by atoms with Crippen molar-refractivity contribution < 1.29 is 14.3 Å². The molecule has 3 aliphatic rings. The number of benzene rings is 1. The Morgan fingerprint density at radius 3 is 2.88 bits per heavy atom. The van der Waals surface area contributed by atoms with Crippen molar-refractivity contribution in [2.45, 2.75) is 50.7 Å². The van der Waals surface area contributed by atoms with Crippen molar-refractivity contribution in [2.24, 2.45) is 0 Å². The smallest absolute Gasteiger partial charge is 0.328 e. The van der Waals surface area contributed by atoms with Gasteiger partial charge in [-0.1, -0.05) is 24.1 Å². The molecule has 2 aliphatic heterocycles. The van der Waals surface area contributed by atoms with Crippen LogP contribution in [-0.2, 0) is 11.2 Å². The maximum atomic E-state index is 13.8. The molecule has 1 fully saturated rings. The molecule has 7 nitrogen and oxygen atoms in total. The van der Waals surface area contributed by atoms with Crippen LogP contribution in [0.2, 0.25) is 0 Å². The highest BCUT2D eigenvalue weighted by Gasteiger charge is 2.60. The molecule has 5 rings (SSSR count). The monoisotopic (exact) mass is 458 g/mol. The summed E-state index contributed by atoms with van der Waals surface area (Å²) in [5.41, 5.74) is 3.08. The summed E-state index contributed by atoms with van der Waals surface area (Å²) in [5, 5.41) is 4.21. The lowest BCUT2D eigenvalue weighted by molar-refractivity contribution is -0.133. The number of fused-ring (bicyclic) bond motifs is 4. The zero-order valence-electron chi connectivity index (χ0n) is 19.9. The standard InChI is InChI=1S/C27H30N4O3/c1-5-17(2)28-13-14-30-25(32)27(3)16-21-20-15-19(34-4)11-12-22(20)29-23(21)24(31(27)26(30)33)18-9-7-6-8-10-18/h1,7,9-12,15,17,24,28-29H,6,8,13-14,16H2,2-4H3/t17?,24-,27?/m1/s1. The minimum Gasteiger partial charge on any atom is -0.497 e. The fraction of sp³-hybridized carbons (Fsp3) is 0.407. The van der Waals surface area contributed by atoms with Gasteiger partial charge in [0, 0.05) is 36.1 Å². The third kappa shape index (κ3) is 3.33. The van der Waals surface area contributed by atoms with Crippen molar-refractivity contribution in [1.82, 2.24) is 20.1 Å². The first-order chi connectivity index (χ1) is 16.4. The average Bonchev–Trinajstić information content (AvgIpc) is 3.30. The SMILES string of the molecule is C#CC(C)NCCN1C(=O)N2[C@H](C3=CCCC=C3)c3[nH]c4ccc(OC)cc4c3CC2(C)C1=O. The van der Waals surface area contributed by atoms with Crippen LogP contribution in [-0.4, -0.2) is 58.5 Å². The van der Waals surface area contributed by atoms with Gasteiger partial charge in [0.05, 0.1) is 19.2 Å². The van der Waals surface area contributed by atoms with E-state index in [1.807, 2.05) is 32.0 Å². The van der Waals surface area contributed by atoms with E-state index >= 15 is 0 Å². The second kappa shape index (κ2) is 8.37. The number of carbonyl (C=O) groups is 2. The number of terminal acetylenes is 1. The number of carbonyl (C=O) groups excluding carboxylic acids is 2. The number of nitrogens with one attached hydrogen (secondary N) is 2. The number of methoxy groups -OCH3 is 1. The van der Waals surface area contributed by atoms with Crippen LogP contribution in [0.25, 0.3) is 10.9 Å². The number of allylic oxidation sites excluding steroid dienone is 2.